The second-order valence-corrected chi connectivity index (χ2v) is 8.44. The number of methoxy groups -OCH3 is 1. The van der Waals surface area contributed by atoms with Crippen LogP contribution in [-0.2, 0) is 21.4 Å². The molecule has 1 aliphatic heterocycles. The van der Waals surface area contributed by atoms with Gasteiger partial charge in [0, 0.05) is 51.4 Å². The van der Waals surface area contributed by atoms with Gasteiger partial charge in [0.1, 0.15) is 12.4 Å². The summed E-state index contributed by atoms with van der Waals surface area (Å²) in [7, 11) is 3.49. The first-order chi connectivity index (χ1) is 15.6. The first kappa shape index (κ1) is 24.1. The van der Waals surface area contributed by atoms with Crippen molar-refractivity contribution in [2.45, 2.75) is 38.6 Å². The van der Waals surface area contributed by atoms with Gasteiger partial charge in [-0.1, -0.05) is 36.4 Å². The van der Waals surface area contributed by atoms with Crippen molar-refractivity contribution in [1.82, 2.24) is 10.6 Å². The van der Waals surface area contributed by atoms with E-state index in [9.17, 15) is 0 Å². The van der Waals surface area contributed by atoms with Crippen LogP contribution < -0.4 is 15.4 Å². The van der Waals surface area contributed by atoms with Crippen LogP contribution >= 0.6 is 0 Å². The lowest BCUT2D eigenvalue weighted by molar-refractivity contribution is 0.0512. The largest absolute Gasteiger partial charge is 0.491 e. The van der Waals surface area contributed by atoms with Crippen LogP contribution in [0.4, 0.5) is 0 Å². The van der Waals surface area contributed by atoms with Crippen LogP contribution in [0.15, 0.2) is 47.5 Å². The van der Waals surface area contributed by atoms with E-state index in [0.29, 0.717) is 19.8 Å². The van der Waals surface area contributed by atoms with Gasteiger partial charge in [0.25, 0.3) is 0 Å². The fourth-order valence-corrected chi connectivity index (χ4v) is 4.30. The van der Waals surface area contributed by atoms with Crippen molar-refractivity contribution < 1.29 is 14.2 Å². The molecule has 2 aromatic rings. The number of benzene rings is 2. The molecule has 0 unspecified atom stereocenters. The number of guanidine groups is 1. The number of hydrogen-bond donors (Lipinski definition) is 2. The molecule has 0 aliphatic carbocycles. The number of aryl methyl sites for hydroxylation is 2. The summed E-state index contributed by atoms with van der Waals surface area (Å²) in [6.07, 6.45) is 1.99. The van der Waals surface area contributed by atoms with E-state index >= 15 is 0 Å². The summed E-state index contributed by atoms with van der Waals surface area (Å²) in [6.45, 7) is 8.37. The van der Waals surface area contributed by atoms with Gasteiger partial charge in [-0.2, -0.15) is 0 Å². The van der Waals surface area contributed by atoms with Crippen LogP contribution in [0, 0.1) is 13.8 Å². The standard InChI is InChI=1S/C26H37N3O3/c1-20-9-10-22(24(17-20)32-16-15-30-4)18-28-25(27-3)29-19-26(11-13-31-14-12-26)23-8-6-5-7-21(23)2/h5-10,17H,11-16,18-19H2,1-4H3,(H2,27,28,29). The molecule has 2 N–H and O–H groups in total. The zero-order valence-electron chi connectivity index (χ0n) is 19.9. The lowest BCUT2D eigenvalue weighted by atomic mass is 9.72. The Morgan fingerprint density at radius 2 is 1.84 bits per heavy atom. The summed E-state index contributed by atoms with van der Waals surface area (Å²) in [5, 5.41) is 7.04. The van der Waals surface area contributed by atoms with Gasteiger partial charge in [-0.05, 0) is 49.4 Å². The van der Waals surface area contributed by atoms with Crippen LogP contribution in [0.25, 0.3) is 0 Å². The molecule has 174 valence electrons. The molecule has 32 heavy (non-hydrogen) atoms. The van der Waals surface area contributed by atoms with Gasteiger partial charge in [0.05, 0.1) is 6.61 Å². The van der Waals surface area contributed by atoms with E-state index in [1.54, 1.807) is 7.11 Å². The average molecular weight is 440 g/mol. The molecule has 1 aliphatic rings. The van der Waals surface area contributed by atoms with Crippen molar-refractivity contribution in [2.24, 2.45) is 4.99 Å². The Hall–Kier alpha value is -2.57. The Kier molecular flexibility index (Phi) is 8.94. The molecular formula is C26H37N3O3. The van der Waals surface area contributed by atoms with Gasteiger partial charge in [0.15, 0.2) is 5.96 Å². The highest BCUT2D eigenvalue weighted by Crippen LogP contribution is 2.36. The Bertz CT molecular complexity index is 892. The van der Waals surface area contributed by atoms with Crippen LogP contribution in [-0.4, -0.2) is 53.1 Å². The maximum atomic E-state index is 5.93. The SMILES string of the molecule is CN=C(NCc1ccc(C)cc1OCCOC)NCC1(c2ccccc2C)CCOCC1. The van der Waals surface area contributed by atoms with Gasteiger partial charge in [0.2, 0.25) is 0 Å². The lowest BCUT2D eigenvalue weighted by Gasteiger charge is -2.39. The molecule has 0 aromatic heterocycles. The Balaban J connectivity index is 1.66. The number of rotatable bonds is 9. The molecule has 1 heterocycles. The molecule has 1 saturated heterocycles. The van der Waals surface area contributed by atoms with Gasteiger partial charge >= 0.3 is 0 Å². The number of aliphatic imine (C=N–C) groups is 1. The predicted octanol–water partition coefficient (Wildman–Crippen LogP) is 3.74. The summed E-state index contributed by atoms with van der Waals surface area (Å²) < 4.78 is 16.7. The van der Waals surface area contributed by atoms with Gasteiger partial charge < -0.3 is 24.8 Å². The van der Waals surface area contributed by atoms with E-state index in [1.165, 1.54) is 16.7 Å². The molecule has 0 atom stereocenters. The van der Waals surface area contributed by atoms with Gasteiger partial charge in [-0.25, -0.2) is 0 Å². The van der Waals surface area contributed by atoms with Crippen LogP contribution in [0.5, 0.6) is 5.75 Å². The van der Waals surface area contributed by atoms with E-state index in [1.807, 2.05) is 7.05 Å². The Morgan fingerprint density at radius 3 is 2.56 bits per heavy atom. The van der Waals surface area contributed by atoms with Crippen LogP contribution in [0.3, 0.4) is 0 Å². The zero-order valence-corrected chi connectivity index (χ0v) is 19.9. The minimum atomic E-state index is 0.0412. The third-order valence-electron chi connectivity index (χ3n) is 6.20. The molecule has 1 fully saturated rings. The quantitative estimate of drug-likeness (QED) is 0.354. The summed E-state index contributed by atoms with van der Waals surface area (Å²) in [4.78, 5) is 4.46. The highest BCUT2D eigenvalue weighted by molar-refractivity contribution is 5.79. The maximum absolute atomic E-state index is 5.93. The van der Waals surface area contributed by atoms with Crippen molar-refractivity contribution in [3.8, 4) is 5.75 Å². The molecule has 3 rings (SSSR count). The Labute approximate surface area is 192 Å². The fourth-order valence-electron chi connectivity index (χ4n) is 4.30. The second kappa shape index (κ2) is 11.9. The molecule has 0 spiro atoms. The zero-order chi connectivity index (χ0) is 22.8. The first-order valence-electron chi connectivity index (χ1n) is 11.4. The highest BCUT2D eigenvalue weighted by Gasteiger charge is 2.35. The topological polar surface area (TPSA) is 64.1 Å². The number of nitrogens with zero attached hydrogens (tertiary/aromatic N) is 1. The third-order valence-corrected chi connectivity index (χ3v) is 6.20. The molecule has 0 radical (unpaired) electrons. The van der Waals surface area contributed by atoms with Crippen molar-refractivity contribution in [1.29, 1.82) is 0 Å². The molecule has 0 saturated carbocycles. The van der Waals surface area contributed by atoms with E-state index in [-0.39, 0.29) is 5.41 Å². The Morgan fingerprint density at radius 1 is 1.06 bits per heavy atom. The molecule has 0 amide bonds. The van der Waals surface area contributed by atoms with E-state index in [4.69, 9.17) is 14.2 Å². The molecular weight excluding hydrogens is 402 g/mol. The lowest BCUT2D eigenvalue weighted by Crippen LogP contribution is -2.48. The van der Waals surface area contributed by atoms with Gasteiger partial charge in [-0.3, -0.25) is 4.99 Å². The number of nitrogens with one attached hydrogen (secondary N) is 2. The molecule has 0 bridgehead atoms. The van der Waals surface area contributed by atoms with Gasteiger partial charge in [-0.15, -0.1) is 0 Å². The van der Waals surface area contributed by atoms with Crippen LogP contribution in [0.1, 0.15) is 35.1 Å². The second-order valence-electron chi connectivity index (χ2n) is 8.44. The smallest absolute Gasteiger partial charge is 0.191 e. The monoisotopic (exact) mass is 439 g/mol. The number of hydrogen-bond acceptors (Lipinski definition) is 4. The molecule has 6 heteroatoms. The molecule has 2 aromatic carbocycles. The summed E-state index contributed by atoms with van der Waals surface area (Å²) in [5.74, 6) is 1.67. The first-order valence-corrected chi connectivity index (χ1v) is 11.4. The minimum absolute atomic E-state index is 0.0412. The summed E-state index contributed by atoms with van der Waals surface area (Å²) in [5.41, 5.74) is 5.03. The van der Waals surface area contributed by atoms with E-state index in [0.717, 1.165) is 49.9 Å². The van der Waals surface area contributed by atoms with Crippen molar-refractivity contribution in [2.75, 3.05) is 47.1 Å². The van der Waals surface area contributed by atoms with E-state index < -0.39 is 0 Å². The minimum Gasteiger partial charge on any atom is -0.491 e. The predicted molar refractivity (Wildman–Crippen MR) is 130 cm³/mol. The maximum Gasteiger partial charge on any atom is 0.191 e. The van der Waals surface area contributed by atoms with Crippen molar-refractivity contribution >= 4 is 5.96 Å². The third kappa shape index (κ3) is 6.24. The summed E-state index contributed by atoms with van der Waals surface area (Å²) in [6, 6.07) is 15.0. The summed E-state index contributed by atoms with van der Waals surface area (Å²) >= 11 is 0. The average Bonchev–Trinajstić information content (AvgIpc) is 2.81. The highest BCUT2D eigenvalue weighted by atomic mass is 16.5. The fraction of sp³-hybridized carbons (Fsp3) is 0.500. The van der Waals surface area contributed by atoms with Crippen molar-refractivity contribution in [3.63, 3.8) is 0 Å². The molecule has 6 nitrogen and oxygen atoms in total. The van der Waals surface area contributed by atoms with Crippen LogP contribution in [0.2, 0.25) is 0 Å². The van der Waals surface area contributed by atoms with E-state index in [2.05, 4.69) is 71.9 Å². The normalized spacial score (nSPS) is 15.9. The van der Waals surface area contributed by atoms with Crippen molar-refractivity contribution in [3.05, 3.63) is 64.7 Å². The number of ether oxygens (including phenoxy) is 3.